The summed E-state index contributed by atoms with van der Waals surface area (Å²) in [7, 11) is 0. The van der Waals surface area contributed by atoms with Gasteiger partial charge in [0.25, 0.3) is 0 Å². The van der Waals surface area contributed by atoms with E-state index in [4.69, 9.17) is 14.0 Å². The first kappa shape index (κ1) is 45.1. The Morgan fingerprint density at radius 3 is 2.40 bits per heavy atom. The standard InChI is InChI=1S/C32H50N2O5S.3CO.Re/c1-3-40-17-16-34(21-30(38)39)20-29(37)33-15-7-5-4-6-8-22-18-23-19-24(35)9-10-25(23)26-13-14-32(2)27(31(22)26)11-12-28(32)36;3*1-2;/h9-10,19,22,26-28,31,35-36H,3-8,11-18,20-21H2,1-2H3,(H,33,37)(H,38,39);;;;/p-1/t22-,26?,27?,28+,31?,32+;;;;/m1..../s1. The minimum absolute atomic E-state index is 0. The number of hydrogen-bond donors (Lipinski definition) is 3. The van der Waals surface area contributed by atoms with E-state index in [9.17, 15) is 24.9 Å². The van der Waals surface area contributed by atoms with Crippen molar-refractivity contribution < 1.29 is 59.3 Å². The third-order valence-corrected chi connectivity index (χ3v) is 11.0. The van der Waals surface area contributed by atoms with Gasteiger partial charge in [-0.25, -0.2) is 0 Å². The van der Waals surface area contributed by atoms with Crippen LogP contribution in [0.4, 0.5) is 0 Å². The van der Waals surface area contributed by atoms with Gasteiger partial charge in [-0.1, -0.05) is 39.2 Å². The average Bonchev–Trinajstić information content (AvgIpc) is 3.36. The van der Waals surface area contributed by atoms with Crippen molar-refractivity contribution in [3.05, 3.63) is 49.3 Å². The Labute approximate surface area is 298 Å². The summed E-state index contributed by atoms with van der Waals surface area (Å²) in [6.45, 7) is 18.9. The smallest absolute Gasteiger partial charge is 0 e. The molecule has 1 amide bonds. The summed E-state index contributed by atoms with van der Waals surface area (Å²) in [5.41, 5.74) is 2.79. The summed E-state index contributed by atoms with van der Waals surface area (Å²) in [6.07, 6.45) is 10.5. The fraction of sp³-hybridized carbons (Fsp3) is 0.686. The molecule has 2 saturated carbocycles. The van der Waals surface area contributed by atoms with Gasteiger partial charge in [-0.15, -0.1) is 0 Å². The Balaban J connectivity index is 0.00000286. The molecule has 10 nitrogen and oxygen atoms in total. The van der Waals surface area contributed by atoms with Crippen molar-refractivity contribution >= 4 is 23.6 Å². The number of aliphatic hydroxyl groups excluding tert-OH is 1. The zero-order valence-electron chi connectivity index (χ0n) is 27.5. The normalized spacial score (nSPS) is 24.9. The molecule has 0 heterocycles. The number of aliphatic carboxylic acids is 1. The molecule has 1 aromatic rings. The molecular weight excluding hydrogens is 795 g/mol. The summed E-state index contributed by atoms with van der Waals surface area (Å²) < 4.78 is 22.5. The van der Waals surface area contributed by atoms with E-state index in [-0.39, 0.29) is 50.9 Å². The number of carbonyl (C=O) groups is 2. The van der Waals surface area contributed by atoms with Crippen LogP contribution in [-0.2, 0) is 50.4 Å². The van der Waals surface area contributed by atoms with Gasteiger partial charge in [0.2, 0.25) is 5.91 Å². The summed E-state index contributed by atoms with van der Waals surface area (Å²) in [4.78, 5) is 25.0. The molecule has 12 heteroatoms. The van der Waals surface area contributed by atoms with Gasteiger partial charge in [0.1, 0.15) is 5.75 Å². The number of carbonyl (C=O) groups excluding carboxylic acids is 2. The second kappa shape index (κ2) is 24.3. The molecule has 0 bridgehead atoms. The summed E-state index contributed by atoms with van der Waals surface area (Å²) >= 11 is 1.73. The number of aliphatic hydroxyl groups is 1. The number of nitrogens with zero attached hydrogens (tertiary/aromatic N) is 1. The first-order valence-electron chi connectivity index (χ1n) is 16.1. The number of phenolic OH excluding ortho intramolecular Hbond substituents is 1. The number of fused-ring (bicyclic) bond motifs is 5. The van der Waals surface area contributed by atoms with Crippen LogP contribution >= 0.6 is 11.8 Å². The number of thioether (sulfide) groups is 1. The molecule has 1 aromatic carbocycles. The molecule has 3 aliphatic rings. The first-order chi connectivity index (χ1) is 22.2. The van der Waals surface area contributed by atoms with Gasteiger partial charge >= 0.3 is 33.9 Å². The molecular formula is C35H49N2O8ReS-. The van der Waals surface area contributed by atoms with Gasteiger partial charge in [-0.3, -0.25) is 9.69 Å². The van der Waals surface area contributed by atoms with Gasteiger partial charge in [-0.05, 0) is 103 Å². The Hall–Kier alpha value is -1.89. The van der Waals surface area contributed by atoms with Gasteiger partial charge in [0.05, 0.1) is 18.6 Å². The van der Waals surface area contributed by atoms with Crippen molar-refractivity contribution in [2.24, 2.45) is 23.2 Å². The van der Waals surface area contributed by atoms with Crippen LogP contribution in [0.25, 0.3) is 0 Å². The summed E-state index contributed by atoms with van der Waals surface area (Å²) in [5.74, 6) is 3.13. The van der Waals surface area contributed by atoms with E-state index in [1.807, 2.05) is 12.1 Å². The quantitative estimate of drug-likeness (QED) is 0.138. The number of unbranched alkanes of at least 4 members (excludes halogenated alkanes) is 3. The van der Waals surface area contributed by atoms with Crippen LogP contribution in [0.15, 0.2) is 18.2 Å². The number of aromatic hydroxyl groups is 1. The van der Waals surface area contributed by atoms with Crippen LogP contribution in [0.3, 0.4) is 0 Å². The van der Waals surface area contributed by atoms with Crippen molar-refractivity contribution in [2.75, 3.05) is 37.7 Å². The molecule has 3 aliphatic carbocycles. The van der Waals surface area contributed by atoms with Crippen molar-refractivity contribution in [1.29, 1.82) is 0 Å². The molecule has 0 aliphatic heterocycles. The maximum Gasteiger partial charge on any atom is 0 e. The van der Waals surface area contributed by atoms with Gasteiger partial charge < -0.3 is 25.4 Å². The second-order valence-electron chi connectivity index (χ2n) is 12.6. The molecule has 261 valence electrons. The molecule has 0 spiro atoms. The van der Waals surface area contributed by atoms with Crippen molar-refractivity contribution in [2.45, 2.75) is 90.1 Å². The third-order valence-electron chi connectivity index (χ3n) is 10.1. The topological polar surface area (TPSA) is 173 Å². The Bertz CT molecular complexity index is 1130. The van der Waals surface area contributed by atoms with E-state index in [0.717, 1.165) is 69.3 Å². The van der Waals surface area contributed by atoms with Crippen LogP contribution in [0.2, 0.25) is 0 Å². The second-order valence-corrected chi connectivity index (χ2v) is 14.0. The molecule has 3 unspecified atom stereocenters. The van der Waals surface area contributed by atoms with E-state index in [1.165, 1.54) is 17.5 Å². The molecule has 4 rings (SSSR count). The Kier molecular flexibility index (Phi) is 23.3. The van der Waals surface area contributed by atoms with Crippen LogP contribution in [0.1, 0.15) is 88.7 Å². The Morgan fingerprint density at radius 1 is 1.06 bits per heavy atom. The number of benzene rings is 1. The summed E-state index contributed by atoms with van der Waals surface area (Å²) in [5, 5.41) is 35.0. The monoisotopic (exact) mass is 844 g/mol. The molecule has 0 aromatic heterocycles. The predicted molar refractivity (Wildman–Crippen MR) is 170 cm³/mol. The SMILES string of the molecule is CCSCCN(CC(=O)[O-])CC(=O)NCCCCCC[C@@H]1Cc2cc(O)ccc2C2CC[C@@]3(C)C(CC[C@@H]3O)C21.[C-]#[O+].[C-]#[O+].[C-]#[O+].[Re]. The van der Waals surface area contributed by atoms with Crippen LogP contribution in [-0.4, -0.2) is 70.8 Å². The average molecular weight is 844 g/mol. The minimum atomic E-state index is -1.15. The van der Waals surface area contributed by atoms with Gasteiger partial charge in [0, 0.05) is 45.8 Å². The number of amides is 1. The molecule has 6 atom stereocenters. The van der Waals surface area contributed by atoms with Crippen LogP contribution in [0.5, 0.6) is 5.75 Å². The molecule has 3 N–H and O–H groups in total. The number of rotatable bonds is 15. The third kappa shape index (κ3) is 13.2. The molecule has 47 heavy (non-hydrogen) atoms. The largest absolute Gasteiger partial charge is 0 e. The van der Waals surface area contributed by atoms with E-state index in [0.29, 0.717) is 42.5 Å². The number of carboxylic acid groups (broad SMARTS) is 1. The molecule has 0 saturated heterocycles. The van der Waals surface area contributed by atoms with Gasteiger partial charge in [0.15, 0.2) is 0 Å². The number of nitrogens with one attached hydrogen (secondary N) is 1. The Morgan fingerprint density at radius 2 is 1.74 bits per heavy atom. The van der Waals surface area contributed by atoms with Crippen LogP contribution < -0.4 is 10.4 Å². The number of carboxylic acids is 1. The first-order valence-corrected chi connectivity index (χ1v) is 17.3. The van der Waals surface area contributed by atoms with Gasteiger partial charge in [-0.2, -0.15) is 11.8 Å². The zero-order chi connectivity index (χ0) is 34.7. The fourth-order valence-corrected chi connectivity index (χ4v) is 8.81. The minimum Gasteiger partial charge on any atom is 0 e. The van der Waals surface area contributed by atoms with E-state index >= 15 is 0 Å². The maximum atomic E-state index is 12.4. The maximum absolute atomic E-state index is 12.4. The van der Waals surface area contributed by atoms with E-state index in [2.05, 4.69) is 45.2 Å². The summed E-state index contributed by atoms with van der Waals surface area (Å²) in [6, 6.07) is 5.98. The fourth-order valence-electron chi connectivity index (χ4n) is 8.14. The van der Waals surface area contributed by atoms with Crippen molar-refractivity contribution in [3.63, 3.8) is 0 Å². The van der Waals surface area contributed by atoms with E-state index < -0.39 is 5.97 Å². The van der Waals surface area contributed by atoms with Crippen LogP contribution in [0, 0.1) is 43.1 Å². The molecule has 2 fully saturated rings. The number of phenols is 1. The van der Waals surface area contributed by atoms with E-state index in [1.54, 1.807) is 16.7 Å². The predicted octanol–water partition coefficient (Wildman–Crippen LogP) is 3.59. The molecule has 1 radical (unpaired) electrons. The van der Waals surface area contributed by atoms with Crippen molar-refractivity contribution in [3.8, 4) is 5.75 Å². The zero-order valence-corrected chi connectivity index (χ0v) is 31.0. The van der Waals surface area contributed by atoms with Crippen molar-refractivity contribution in [1.82, 2.24) is 10.2 Å². The number of hydrogen-bond acceptors (Lipinski definition) is 7.